The number of anilines is 1. The molecule has 0 spiro atoms. The van der Waals surface area contributed by atoms with Crippen molar-refractivity contribution in [3.63, 3.8) is 0 Å². The quantitative estimate of drug-likeness (QED) is 0.621. The van der Waals surface area contributed by atoms with E-state index in [-0.39, 0.29) is 5.91 Å². The Hall–Kier alpha value is -1.66. The van der Waals surface area contributed by atoms with Gasteiger partial charge in [0.2, 0.25) is 5.91 Å². The minimum Gasteiger partial charge on any atom is -0.320 e. The van der Waals surface area contributed by atoms with Gasteiger partial charge >= 0.3 is 0 Å². The highest BCUT2D eigenvalue weighted by molar-refractivity contribution is 5.94. The number of carbonyl (C=O) groups excluding carboxylic acids is 1. The van der Waals surface area contributed by atoms with Gasteiger partial charge in [-0.15, -0.1) is 6.58 Å². The maximum atomic E-state index is 11.7. The molecule has 0 radical (unpaired) electrons. The van der Waals surface area contributed by atoms with E-state index in [1.54, 1.807) is 18.3 Å². The predicted octanol–water partition coefficient (Wildman–Crippen LogP) is -0.131. The highest BCUT2D eigenvalue weighted by atomic mass is 16.2. The number of rotatable bonds is 5. The van der Waals surface area contributed by atoms with Gasteiger partial charge in [-0.25, -0.2) is 4.68 Å². The standard InChI is InChI=1S/C11H17N5O/c1-2-3-9(12)11(17)15-10-4-5-14-16(10)8-6-13-7-8/h2,4-5,8-9,13H,1,3,6-7,12H2,(H,15,17). The molecule has 1 aromatic rings. The first-order valence-corrected chi connectivity index (χ1v) is 5.64. The summed E-state index contributed by atoms with van der Waals surface area (Å²) in [5.41, 5.74) is 5.69. The molecule has 1 unspecified atom stereocenters. The molecule has 92 valence electrons. The summed E-state index contributed by atoms with van der Waals surface area (Å²) in [7, 11) is 0. The van der Waals surface area contributed by atoms with Crippen LogP contribution in [0, 0.1) is 0 Å². The Kier molecular flexibility index (Phi) is 3.55. The second-order valence-corrected chi connectivity index (χ2v) is 4.09. The summed E-state index contributed by atoms with van der Waals surface area (Å²) in [5, 5.41) is 10.1. The van der Waals surface area contributed by atoms with Crippen molar-refractivity contribution in [2.24, 2.45) is 5.73 Å². The lowest BCUT2D eigenvalue weighted by atomic mass is 10.2. The van der Waals surface area contributed by atoms with E-state index in [9.17, 15) is 4.79 Å². The first-order valence-electron chi connectivity index (χ1n) is 5.64. The van der Waals surface area contributed by atoms with Gasteiger partial charge in [-0.2, -0.15) is 5.10 Å². The second-order valence-electron chi connectivity index (χ2n) is 4.09. The van der Waals surface area contributed by atoms with Crippen LogP contribution in [-0.4, -0.2) is 34.8 Å². The molecule has 2 heterocycles. The van der Waals surface area contributed by atoms with Crippen LogP contribution in [0.3, 0.4) is 0 Å². The van der Waals surface area contributed by atoms with Crippen LogP contribution in [0.5, 0.6) is 0 Å². The third-order valence-electron chi connectivity index (χ3n) is 2.78. The molecule has 1 aliphatic heterocycles. The summed E-state index contributed by atoms with van der Waals surface area (Å²) in [5.74, 6) is 0.486. The Bertz CT molecular complexity index is 410. The first-order chi connectivity index (χ1) is 8.22. The van der Waals surface area contributed by atoms with Gasteiger partial charge in [0.1, 0.15) is 5.82 Å². The van der Waals surface area contributed by atoms with Crippen molar-refractivity contribution in [3.05, 3.63) is 24.9 Å². The van der Waals surface area contributed by atoms with Crippen molar-refractivity contribution in [3.8, 4) is 0 Å². The predicted molar refractivity (Wildman–Crippen MR) is 65.6 cm³/mol. The molecule has 0 bridgehead atoms. The van der Waals surface area contributed by atoms with Gasteiger partial charge in [-0.1, -0.05) is 6.08 Å². The van der Waals surface area contributed by atoms with Gasteiger partial charge in [-0.05, 0) is 6.42 Å². The zero-order valence-corrected chi connectivity index (χ0v) is 9.60. The summed E-state index contributed by atoms with van der Waals surface area (Å²) in [6, 6.07) is 1.53. The molecule has 1 atom stereocenters. The number of nitrogens with zero attached hydrogens (tertiary/aromatic N) is 2. The molecule has 1 saturated heterocycles. The van der Waals surface area contributed by atoms with Crippen molar-refractivity contribution in [1.29, 1.82) is 0 Å². The lowest BCUT2D eigenvalue weighted by Crippen LogP contribution is -2.44. The normalized spacial score (nSPS) is 17.2. The molecule has 1 amide bonds. The number of nitrogens with one attached hydrogen (secondary N) is 2. The fraction of sp³-hybridized carbons (Fsp3) is 0.455. The molecule has 2 rings (SSSR count). The molecule has 1 fully saturated rings. The number of nitrogens with two attached hydrogens (primary N) is 1. The number of aromatic nitrogens is 2. The maximum absolute atomic E-state index is 11.7. The van der Waals surface area contributed by atoms with Crippen LogP contribution in [-0.2, 0) is 4.79 Å². The topological polar surface area (TPSA) is 85.0 Å². The summed E-state index contributed by atoms with van der Waals surface area (Å²) in [6.45, 7) is 5.32. The monoisotopic (exact) mass is 235 g/mol. The molecule has 0 saturated carbocycles. The minimum absolute atomic E-state index is 0.209. The Morgan fingerprint density at radius 1 is 1.82 bits per heavy atom. The minimum atomic E-state index is -0.560. The summed E-state index contributed by atoms with van der Waals surface area (Å²) in [6.07, 6.45) is 3.77. The fourth-order valence-electron chi connectivity index (χ4n) is 1.66. The van der Waals surface area contributed by atoms with Crippen LogP contribution in [0.2, 0.25) is 0 Å². The van der Waals surface area contributed by atoms with E-state index < -0.39 is 6.04 Å². The van der Waals surface area contributed by atoms with Crippen molar-refractivity contribution in [2.75, 3.05) is 18.4 Å². The SMILES string of the molecule is C=CCC(N)C(=O)Nc1ccnn1C1CNC1. The van der Waals surface area contributed by atoms with Crippen LogP contribution in [0.1, 0.15) is 12.5 Å². The van der Waals surface area contributed by atoms with Gasteiger partial charge < -0.3 is 16.4 Å². The van der Waals surface area contributed by atoms with E-state index >= 15 is 0 Å². The van der Waals surface area contributed by atoms with Gasteiger partial charge in [0.25, 0.3) is 0 Å². The summed E-state index contributed by atoms with van der Waals surface area (Å²) >= 11 is 0. The third-order valence-corrected chi connectivity index (χ3v) is 2.78. The molecule has 6 heteroatoms. The number of hydrogen-bond acceptors (Lipinski definition) is 4. The van der Waals surface area contributed by atoms with E-state index in [0.717, 1.165) is 13.1 Å². The van der Waals surface area contributed by atoms with Crippen LogP contribution >= 0.6 is 0 Å². The Labute approximate surface area is 99.9 Å². The molecular formula is C11H17N5O. The number of amides is 1. The average Bonchev–Trinajstić information content (AvgIpc) is 2.64. The Morgan fingerprint density at radius 2 is 2.59 bits per heavy atom. The molecule has 6 nitrogen and oxygen atoms in total. The Morgan fingerprint density at radius 3 is 3.18 bits per heavy atom. The first kappa shape index (κ1) is 11.8. The molecule has 0 aromatic carbocycles. The summed E-state index contributed by atoms with van der Waals surface area (Å²) < 4.78 is 1.81. The Balaban J connectivity index is 2.00. The van der Waals surface area contributed by atoms with Crippen LogP contribution in [0.4, 0.5) is 5.82 Å². The highest BCUT2D eigenvalue weighted by Gasteiger charge is 2.23. The average molecular weight is 235 g/mol. The summed E-state index contributed by atoms with van der Waals surface area (Å²) in [4.78, 5) is 11.7. The van der Waals surface area contributed by atoms with Crippen molar-refractivity contribution in [2.45, 2.75) is 18.5 Å². The van der Waals surface area contributed by atoms with E-state index in [4.69, 9.17) is 5.73 Å². The van der Waals surface area contributed by atoms with E-state index in [1.807, 2.05) is 4.68 Å². The zero-order valence-electron chi connectivity index (χ0n) is 9.60. The van der Waals surface area contributed by atoms with Crippen LogP contribution in [0.15, 0.2) is 24.9 Å². The molecular weight excluding hydrogens is 218 g/mol. The van der Waals surface area contributed by atoms with Gasteiger partial charge in [0.05, 0.1) is 18.3 Å². The number of carbonyl (C=O) groups is 1. The van der Waals surface area contributed by atoms with Crippen molar-refractivity contribution in [1.82, 2.24) is 15.1 Å². The molecule has 1 aromatic heterocycles. The molecule has 1 aliphatic rings. The zero-order chi connectivity index (χ0) is 12.3. The third kappa shape index (κ3) is 2.54. The molecule has 0 aliphatic carbocycles. The highest BCUT2D eigenvalue weighted by Crippen LogP contribution is 2.17. The maximum Gasteiger partial charge on any atom is 0.242 e. The van der Waals surface area contributed by atoms with E-state index in [2.05, 4.69) is 22.3 Å². The van der Waals surface area contributed by atoms with Gasteiger partial charge in [0, 0.05) is 19.2 Å². The van der Waals surface area contributed by atoms with E-state index in [1.165, 1.54) is 0 Å². The van der Waals surface area contributed by atoms with Crippen LogP contribution in [0.25, 0.3) is 0 Å². The van der Waals surface area contributed by atoms with E-state index in [0.29, 0.717) is 18.3 Å². The van der Waals surface area contributed by atoms with Crippen LogP contribution < -0.4 is 16.4 Å². The van der Waals surface area contributed by atoms with Gasteiger partial charge in [0.15, 0.2) is 0 Å². The van der Waals surface area contributed by atoms with Crippen molar-refractivity contribution < 1.29 is 4.79 Å². The lowest BCUT2D eigenvalue weighted by molar-refractivity contribution is -0.117. The lowest BCUT2D eigenvalue weighted by Gasteiger charge is -2.28. The number of hydrogen-bond donors (Lipinski definition) is 3. The largest absolute Gasteiger partial charge is 0.320 e. The smallest absolute Gasteiger partial charge is 0.242 e. The fourth-order valence-corrected chi connectivity index (χ4v) is 1.66. The van der Waals surface area contributed by atoms with Crippen molar-refractivity contribution >= 4 is 11.7 Å². The second kappa shape index (κ2) is 5.11. The molecule has 4 N–H and O–H groups in total. The molecule has 17 heavy (non-hydrogen) atoms. The van der Waals surface area contributed by atoms with Gasteiger partial charge in [-0.3, -0.25) is 4.79 Å².